The predicted molar refractivity (Wildman–Crippen MR) is 55.1 cm³/mol. The molecule has 0 fully saturated rings. The fourth-order valence-electron chi connectivity index (χ4n) is 1.00. The Balaban J connectivity index is 2.47. The molecule has 0 radical (unpaired) electrons. The van der Waals surface area contributed by atoms with Gasteiger partial charge in [-0.05, 0) is 19.4 Å². The molecule has 0 aliphatic heterocycles. The number of rotatable bonds is 3. The number of hydrogen-bond donors (Lipinski definition) is 0. The Hall–Kier alpha value is -2.11. The van der Waals surface area contributed by atoms with E-state index < -0.39 is 17.9 Å². The third-order valence-electron chi connectivity index (χ3n) is 1.74. The highest BCUT2D eigenvalue weighted by Crippen LogP contribution is 2.14. The molecule has 1 aromatic heterocycles. The van der Waals surface area contributed by atoms with E-state index in [1.165, 1.54) is 6.07 Å². The highest BCUT2D eigenvalue weighted by atomic mass is 16.7. The molecule has 0 aliphatic rings. The van der Waals surface area contributed by atoms with Crippen molar-refractivity contribution in [3.8, 4) is 5.95 Å². The van der Waals surface area contributed by atoms with Crippen molar-refractivity contribution in [1.29, 1.82) is 0 Å². The van der Waals surface area contributed by atoms with Crippen molar-refractivity contribution in [3.63, 3.8) is 0 Å². The van der Waals surface area contributed by atoms with Crippen molar-refractivity contribution in [1.82, 2.24) is 0 Å². The summed E-state index contributed by atoms with van der Waals surface area (Å²) in [4.78, 5) is 33.2. The zero-order valence-electron chi connectivity index (χ0n) is 9.52. The first kappa shape index (κ1) is 13.0. The van der Waals surface area contributed by atoms with Gasteiger partial charge in [0.05, 0.1) is 0 Å². The molecule has 0 bridgehead atoms. The zero-order chi connectivity index (χ0) is 12.8. The van der Waals surface area contributed by atoms with Gasteiger partial charge in [-0.2, -0.15) is 0 Å². The Kier molecular flexibility index (Phi) is 4.45. The van der Waals surface area contributed by atoms with Gasteiger partial charge >= 0.3 is 17.9 Å². The lowest BCUT2D eigenvalue weighted by Gasteiger charge is -2.00. The SMILES string of the molecule is CCCC(=O)OC(=O)C(=O)Oc1ccc(C)o1. The van der Waals surface area contributed by atoms with Crippen LogP contribution in [0, 0.1) is 6.92 Å². The molecular weight excluding hydrogens is 228 g/mol. The van der Waals surface area contributed by atoms with E-state index in [2.05, 4.69) is 9.47 Å². The molecule has 0 amide bonds. The van der Waals surface area contributed by atoms with Gasteiger partial charge in [0.2, 0.25) is 0 Å². The van der Waals surface area contributed by atoms with Crippen LogP contribution < -0.4 is 4.74 Å². The molecule has 6 heteroatoms. The number of aryl methyl sites for hydroxylation is 1. The Bertz CT molecular complexity index is 431. The molecule has 92 valence electrons. The van der Waals surface area contributed by atoms with Crippen molar-refractivity contribution < 1.29 is 28.3 Å². The van der Waals surface area contributed by atoms with Crippen LogP contribution >= 0.6 is 0 Å². The molecule has 0 N–H and O–H groups in total. The van der Waals surface area contributed by atoms with E-state index in [4.69, 9.17) is 4.42 Å². The lowest BCUT2D eigenvalue weighted by Crippen LogP contribution is -2.25. The van der Waals surface area contributed by atoms with Gasteiger partial charge in [0.25, 0.3) is 5.95 Å². The minimum absolute atomic E-state index is 0.0683. The minimum Gasteiger partial charge on any atom is -0.431 e. The average molecular weight is 240 g/mol. The minimum atomic E-state index is -1.35. The van der Waals surface area contributed by atoms with Crippen molar-refractivity contribution in [3.05, 3.63) is 17.9 Å². The summed E-state index contributed by atoms with van der Waals surface area (Å²) in [7, 11) is 0. The highest BCUT2D eigenvalue weighted by molar-refractivity contribution is 6.32. The number of hydrogen-bond acceptors (Lipinski definition) is 6. The van der Waals surface area contributed by atoms with Gasteiger partial charge in [0.1, 0.15) is 5.76 Å². The van der Waals surface area contributed by atoms with Gasteiger partial charge in [-0.3, -0.25) is 4.79 Å². The first-order valence-electron chi connectivity index (χ1n) is 5.06. The molecule has 0 saturated carbocycles. The molecule has 1 aromatic rings. The largest absolute Gasteiger partial charge is 0.431 e. The zero-order valence-corrected chi connectivity index (χ0v) is 9.52. The van der Waals surface area contributed by atoms with E-state index >= 15 is 0 Å². The lowest BCUT2D eigenvalue weighted by molar-refractivity contribution is -0.170. The van der Waals surface area contributed by atoms with Crippen LogP contribution in [-0.2, 0) is 19.1 Å². The highest BCUT2D eigenvalue weighted by Gasteiger charge is 2.22. The van der Waals surface area contributed by atoms with Crippen LogP contribution in [-0.4, -0.2) is 17.9 Å². The van der Waals surface area contributed by atoms with Crippen LogP contribution in [0.25, 0.3) is 0 Å². The number of esters is 3. The second kappa shape index (κ2) is 5.83. The van der Waals surface area contributed by atoms with Gasteiger partial charge in [0, 0.05) is 12.5 Å². The summed E-state index contributed by atoms with van der Waals surface area (Å²) in [6.45, 7) is 3.40. The molecule has 0 unspecified atom stereocenters. The molecule has 1 rings (SSSR count). The van der Waals surface area contributed by atoms with Crippen LogP contribution in [0.4, 0.5) is 0 Å². The Morgan fingerprint density at radius 2 is 1.94 bits per heavy atom. The maximum Gasteiger partial charge on any atom is 0.425 e. The van der Waals surface area contributed by atoms with E-state index in [0.717, 1.165) is 0 Å². The summed E-state index contributed by atoms with van der Waals surface area (Å²) in [5, 5.41) is 0. The van der Waals surface area contributed by atoms with Gasteiger partial charge in [0.15, 0.2) is 0 Å². The standard InChI is InChI=1S/C11H12O6/c1-3-4-8(12)16-10(13)11(14)17-9-6-5-7(2)15-9/h5-6H,3-4H2,1-2H3. The van der Waals surface area contributed by atoms with Gasteiger partial charge in [-0.25, -0.2) is 9.59 Å². The Morgan fingerprint density at radius 3 is 2.47 bits per heavy atom. The second-order valence-corrected chi connectivity index (χ2v) is 3.27. The van der Waals surface area contributed by atoms with Crippen LogP contribution in [0.2, 0.25) is 0 Å². The van der Waals surface area contributed by atoms with E-state index in [-0.39, 0.29) is 12.4 Å². The molecule has 0 aliphatic carbocycles. The summed E-state index contributed by atoms with van der Waals surface area (Å²) in [5.74, 6) is -2.98. The van der Waals surface area contributed by atoms with Crippen molar-refractivity contribution in [2.45, 2.75) is 26.7 Å². The van der Waals surface area contributed by atoms with Crippen molar-refractivity contribution >= 4 is 17.9 Å². The summed E-state index contributed by atoms with van der Waals surface area (Å²) in [5.41, 5.74) is 0. The fourth-order valence-corrected chi connectivity index (χ4v) is 1.00. The Labute approximate surface area is 97.5 Å². The normalized spacial score (nSPS) is 9.76. The summed E-state index contributed by atoms with van der Waals surface area (Å²) in [6.07, 6.45) is 0.595. The number of carbonyl (C=O) groups excluding carboxylic acids is 3. The Morgan fingerprint density at radius 1 is 1.24 bits per heavy atom. The lowest BCUT2D eigenvalue weighted by atomic mass is 10.3. The summed E-state index contributed by atoms with van der Waals surface area (Å²) in [6, 6.07) is 2.95. The van der Waals surface area contributed by atoms with Crippen LogP contribution in [0.5, 0.6) is 5.95 Å². The molecular formula is C11H12O6. The molecule has 1 heterocycles. The van der Waals surface area contributed by atoms with Crippen molar-refractivity contribution in [2.24, 2.45) is 0 Å². The quantitative estimate of drug-likeness (QED) is 0.450. The molecule has 17 heavy (non-hydrogen) atoms. The maximum absolute atomic E-state index is 11.2. The van der Waals surface area contributed by atoms with Gasteiger partial charge < -0.3 is 13.9 Å². The van der Waals surface area contributed by atoms with E-state index in [0.29, 0.717) is 12.2 Å². The van der Waals surface area contributed by atoms with Gasteiger partial charge in [-0.15, -0.1) is 0 Å². The third-order valence-corrected chi connectivity index (χ3v) is 1.74. The second-order valence-electron chi connectivity index (χ2n) is 3.27. The molecule has 0 spiro atoms. The fraction of sp³-hybridized carbons (Fsp3) is 0.364. The van der Waals surface area contributed by atoms with E-state index in [9.17, 15) is 14.4 Å². The predicted octanol–water partition coefficient (Wildman–Crippen LogP) is 1.36. The molecule has 0 saturated heterocycles. The summed E-state index contributed by atoms with van der Waals surface area (Å²) < 4.78 is 13.7. The van der Waals surface area contributed by atoms with Gasteiger partial charge in [-0.1, -0.05) is 6.92 Å². The van der Waals surface area contributed by atoms with Crippen LogP contribution in [0.15, 0.2) is 16.5 Å². The summed E-state index contributed by atoms with van der Waals surface area (Å²) >= 11 is 0. The third kappa shape index (κ3) is 4.10. The van der Waals surface area contributed by atoms with E-state index in [1.54, 1.807) is 19.9 Å². The number of carbonyl (C=O) groups is 3. The first-order chi connectivity index (χ1) is 8.02. The molecule has 6 nitrogen and oxygen atoms in total. The smallest absolute Gasteiger partial charge is 0.425 e. The first-order valence-corrected chi connectivity index (χ1v) is 5.06. The number of furan rings is 1. The monoisotopic (exact) mass is 240 g/mol. The average Bonchev–Trinajstić information content (AvgIpc) is 2.64. The van der Waals surface area contributed by atoms with E-state index in [1.807, 2.05) is 0 Å². The van der Waals surface area contributed by atoms with Crippen LogP contribution in [0.1, 0.15) is 25.5 Å². The maximum atomic E-state index is 11.2. The van der Waals surface area contributed by atoms with Crippen molar-refractivity contribution in [2.75, 3.05) is 0 Å². The molecule has 0 atom stereocenters. The topological polar surface area (TPSA) is 82.8 Å². The number of ether oxygens (including phenoxy) is 2. The van der Waals surface area contributed by atoms with Crippen LogP contribution in [0.3, 0.4) is 0 Å². The molecule has 0 aromatic carbocycles.